The van der Waals surface area contributed by atoms with E-state index in [0.717, 1.165) is 17.8 Å². The molecular weight excluding hydrogens is 309 g/mol. The zero-order valence-electron chi connectivity index (χ0n) is 11.4. The molecule has 1 aromatic heterocycles. The summed E-state index contributed by atoms with van der Waals surface area (Å²) in [4.78, 5) is 12.3. The Kier molecular flexibility index (Phi) is 5.36. The minimum atomic E-state index is 0.131. The fourth-order valence-electron chi connectivity index (χ4n) is 1.80. The van der Waals surface area contributed by atoms with Crippen molar-refractivity contribution in [3.63, 3.8) is 0 Å². The molecule has 0 saturated carbocycles. The summed E-state index contributed by atoms with van der Waals surface area (Å²) in [6.07, 6.45) is 11.2. The lowest BCUT2D eigenvalue weighted by molar-refractivity contribution is 0.721. The van der Waals surface area contributed by atoms with Crippen molar-refractivity contribution < 1.29 is 0 Å². The Morgan fingerprint density at radius 3 is 3.05 bits per heavy atom. The van der Waals surface area contributed by atoms with Gasteiger partial charge in [0.05, 0.1) is 17.6 Å². The lowest BCUT2D eigenvalue weighted by Gasteiger charge is -2.18. The Balaban J connectivity index is 2.24. The third-order valence-electron chi connectivity index (χ3n) is 2.79. The molecule has 0 aromatic carbocycles. The number of rotatable bonds is 4. The monoisotopic (exact) mass is 323 g/mol. The molecule has 1 unspecified atom stereocenters. The second-order valence-electron chi connectivity index (χ2n) is 4.51. The highest BCUT2D eigenvalue weighted by Crippen LogP contribution is 2.27. The van der Waals surface area contributed by atoms with Crippen LogP contribution in [0.2, 0.25) is 10.3 Å². The van der Waals surface area contributed by atoms with Crippen LogP contribution in [0.15, 0.2) is 47.0 Å². The topological polar surface area (TPSA) is 76.2 Å². The first-order valence-corrected chi connectivity index (χ1v) is 7.14. The minimum Gasteiger partial charge on any atom is -0.405 e. The van der Waals surface area contributed by atoms with Gasteiger partial charge in [-0.15, -0.1) is 0 Å². The highest BCUT2D eigenvalue weighted by molar-refractivity contribution is 6.33. The van der Waals surface area contributed by atoms with Crippen molar-refractivity contribution in [2.45, 2.75) is 13.3 Å². The van der Waals surface area contributed by atoms with E-state index in [4.69, 9.17) is 28.9 Å². The summed E-state index contributed by atoms with van der Waals surface area (Å²) in [5.74, 6) is 0.863. The summed E-state index contributed by atoms with van der Waals surface area (Å²) in [6, 6.07) is 0. The number of hydrogen-bond acceptors (Lipinski definition) is 5. The largest absolute Gasteiger partial charge is 0.405 e. The first-order valence-electron chi connectivity index (χ1n) is 6.38. The van der Waals surface area contributed by atoms with E-state index >= 15 is 0 Å². The van der Waals surface area contributed by atoms with Gasteiger partial charge in [0, 0.05) is 6.21 Å². The number of aromatic nitrogens is 2. The zero-order chi connectivity index (χ0) is 15.2. The van der Waals surface area contributed by atoms with Crippen LogP contribution in [-0.2, 0) is 0 Å². The van der Waals surface area contributed by atoms with Gasteiger partial charge in [-0.1, -0.05) is 30.7 Å². The fourth-order valence-corrected chi connectivity index (χ4v) is 2.07. The Labute approximate surface area is 133 Å². The van der Waals surface area contributed by atoms with Crippen molar-refractivity contribution in [1.82, 2.24) is 9.97 Å². The number of nitrogens with zero attached hydrogens (tertiary/aromatic N) is 3. The summed E-state index contributed by atoms with van der Waals surface area (Å²) in [7, 11) is 0. The van der Waals surface area contributed by atoms with Gasteiger partial charge in [-0.05, 0) is 36.2 Å². The van der Waals surface area contributed by atoms with Crippen molar-refractivity contribution in [1.29, 1.82) is 0 Å². The Morgan fingerprint density at radius 1 is 1.48 bits per heavy atom. The van der Waals surface area contributed by atoms with E-state index in [1.165, 1.54) is 12.4 Å². The van der Waals surface area contributed by atoms with E-state index in [9.17, 15) is 0 Å². The maximum Gasteiger partial charge on any atom is 0.224 e. The molecule has 0 radical (unpaired) electrons. The lowest BCUT2D eigenvalue weighted by Crippen LogP contribution is -2.10. The number of hydrogen-bond donors (Lipinski definition) is 2. The summed E-state index contributed by atoms with van der Waals surface area (Å²) in [5.41, 5.74) is 6.92. The predicted molar refractivity (Wildman–Crippen MR) is 87.4 cm³/mol. The van der Waals surface area contributed by atoms with Gasteiger partial charge in [-0.2, -0.15) is 4.98 Å². The van der Waals surface area contributed by atoms with Crippen LogP contribution in [-0.4, -0.2) is 16.2 Å². The van der Waals surface area contributed by atoms with Gasteiger partial charge in [-0.3, -0.25) is 4.99 Å². The number of anilines is 1. The molecule has 1 aliphatic rings. The second-order valence-corrected chi connectivity index (χ2v) is 5.25. The molecule has 5 nitrogen and oxygen atoms in total. The maximum atomic E-state index is 6.06. The number of halogens is 2. The third kappa shape index (κ3) is 4.31. The van der Waals surface area contributed by atoms with Crippen LogP contribution in [0.3, 0.4) is 0 Å². The van der Waals surface area contributed by atoms with Gasteiger partial charge in [0.2, 0.25) is 5.28 Å². The number of nitrogens with two attached hydrogens (primary N) is 1. The van der Waals surface area contributed by atoms with Gasteiger partial charge < -0.3 is 11.1 Å². The van der Waals surface area contributed by atoms with Crippen molar-refractivity contribution in [3.8, 4) is 0 Å². The van der Waals surface area contributed by atoms with Gasteiger partial charge in [0.15, 0.2) is 5.82 Å². The molecular formula is C14H15Cl2N5. The molecule has 0 saturated heterocycles. The molecule has 1 aromatic rings. The van der Waals surface area contributed by atoms with Crippen LogP contribution >= 0.6 is 23.2 Å². The van der Waals surface area contributed by atoms with Gasteiger partial charge in [0.25, 0.3) is 0 Å². The normalized spacial score (nSPS) is 18.9. The van der Waals surface area contributed by atoms with Crippen LogP contribution < -0.4 is 11.1 Å². The number of nitrogens with one attached hydrogen (secondary N) is 1. The van der Waals surface area contributed by atoms with E-state index < -0.39 is 0 Å². The fraction of sp³-hybridized carbons (Fsp3) is 0.214. The molecule has 0 spiro atoms. The summed E-state index contributed by atoms with van der Waals surface area (Å²) in [5, 5.41) is 3.67. The Morgan fingerprint density at radius 2 is 2.29 bits per heavy atom. The average Bonchev–Trinajstić information content (AvgIpc) is 2.46. The van der Waals surface area contributed by atoms with Gasteiger partial charge in [-0.25, -0.2) is 4.98 Å². The first-order chi connectivity index (χ1) is 10.1. The molecule has 0 amide bonds. The van der Waals surface area contributed by atoms with Crippen molar-refractivity contribution in [2.75, 3.05) is 5.32 Å². The molecule has 7 heteroatoms. The number of allylic oxidation sites excluding steroid dienone is 3. The van der Waals surface area contributed by atoms with Gasteiger partial charge >= 0.3 is 0 Å². The molecule has 0 bridgehead atoms. The highest BCUT2D eigenvalue weighted by Gasteiger charge is 2.14. The molecule has 1 heterocycles. The van der Waals surface area contributed by atoms with Crippen molar-refractivity contribution in [3.05, 3.63) is 52.3 Å². The minimum absolute atomic E-state index is 0.131. The molecule has 1 atom stereocenters. The molecule has 3 N–H and O–H groups in total. The molecule has 110 valence electrons. The van der Waals surface area contributed by atoms with Crippen molar-refractivity contribution in [2.24, 2.45) is 16.6 Å². The first kappa shape index (κ1) is 15.5. The maximum absolute atomic E-state index is 6.06. The van der Waals surface area contributed by atoms with E-state index in [2.05, 4.69) is 39.4 Å². The standard InChI is InChI=1S/C14H15Cl2N5/c1-9-3-4-11(12(7-9)18-6-2-5-17)20-13-10(15)8-19-14(16)21-13/h2,4-9H,3,17H2,1H3,(H,19,20,21). The molecule has 0 fully saturated rings. The van der Waals surface area contributed by atoms with Crippen LogP contribution in [0.5, 0.6) is 0 Å². The number of aliphatic imine (C=N–C) groups is 1. The SMILES string of the molecule is CC1C=C(N=CC=CN)C(Nc2nc(Cl)ncc2Cl)=CC1. The zero-order valence-corrected chi connectivity index (χ0v) is 12.9. The van der Waals surface area contributed by atoms with E-state index in [-0.39, 0.29) is 5.28 Å². The van der Waals surface area contributed by atoms with Gasteiger partial charge in [0.1, 0.15) is 5.02 Å². The van der Waals surface area contributed by atoms with Crippen LogP contribution in [0.25, 0.3) is 0 Å². The van der Waals surface area contributed by atoms with Crippen molar-refractivity contribution >= 4 is 35.2 Å². The summed E-state index contributed by atoms with van der Waals surface area (Å²) >= 11 is 11.8. The molecule has 1 aliphatic carbocycles. The van der Waals surface area contributed by atoms with E-state index in [1.54, 1.807) is 12.3 Å². The summed E-state index contributed by atoms with van der Waals surface area (Å²) in [6.45, 7) is 2.12. The Bertz CT molecular complexity index is 634. The van der Waals surface area contributed by atoms with E-state index in [1.807, 2.05) is 0 Å². The third-order valence-corrected chi connectivity index (χ3v) is 3.25. The Hall–Kier alpha value is -1.85. The highest BCUT2D eigenvalue weighted by atomic mass is 35.5. The quantitative estimate of drug-likeness (QED) is 0.656. The molecule has 2 rings (SSSR count). The second kappa shape index (κ2) is 7.24. The summed E-state index contributed by atoms with van der Waals surface area (Å²) < 4.78 is 0. The van der Waals surface area contributed by atoms with Crippen LogP contribution in [0, 0.1) is 5.92 Å². The predicted octanol–water partition coefficient (Wildman–Crippen LogP) is 3.55. The van der Waals surface area contributed by atoms with Crippen LogP contribution in [0.4, 0.5) is 5.82 Å². The molecule has 0 aliphatic heterocycles. The average molecular weight is 324 g/mol. The molecule has 21 heavy (non-hydrogen) atoms. The van der Waals surface area contributed by atoms with E-state index in [0.29, 0.717) is 16.8 Å². The van der Waals surface area contributed by atoms with Crippen LogP contribution in [0.1, 0.15) is 13.3 Å². The lowest BCUT2D eigenvalue weighted by atomic mass is 9.99. The smallest absolute Gasteiger partial charge is 0.224 e.